The molecular formula is C11H10FN3. The van der Waals surface area contributed by atoms with Crippen molar-refractivity contribution in [1.29, 1.82) is 0 Å². The molecule has 0 radical (unpaired) electrons. The molecule has 3 heterocycles. The molecule has 1 unspecified atom stereocenters. The summed E-state index contributed by atoms with van der Waals surface area (Å²) in [7, 11) is 0. The van der Waals surface area contributed by atoms with Gasteiger partial charge in [0.25, 0.3) is 0 Å². The molecule has 4 heteroatoms. The highest BCUT2D eigenvalue weighted by atomic mass is 19.1. The van der Waals surface area contributed by atoms with Crippen molar-refractivity contribution in [3.05, 3.63) is 48.3 Å². The highest BCUT2D eigenvalue weighted by molar-refractivity contribution is 5.42. The maximum absolute atomic E-state index is 12.9. The van der Waals surface area contributed by atoms with E-state index in [1.54, 1.807) is 12.4 Å². The Morgan fingerprint density at radius 2 is 2.47 bits per heavy atom. The Kier molecular flexibility index (Phi) is 1.74. The molecule has 1 atom stereocenters. The number of rotatable bonds is 1. The number of fused-ring (bicyclic) bond motifs is 1. The van der Waals surface area contributed by atoms with Crippen LogP contribution < -0.4 is 5.32 Å². The zero-order valence-electron chi connectivity index (χ0n) is 8.02. The third-order valence-electron chi connectivity index (χ3n) is 2.67. The van der Waals surface area contributed by atoms with Gasteiger partial charge in [-0.25, -0.2) is 9.37 Å². The van der Waals surface area contributed by atoms with E-state index >= 15 is 0 Å². The topological polar surface area (TPSA) is 29.3 Å². The minimum Gasteiger partial charge on any atom is -0.390 e. The Bertz CT molecular complexity index is 530. The van der Waals surface area contributed by atoms with Crippen LogP contribution in [0.4, 0.5) is 4.39 Å². The van der Waals surface area contributed by atoms with Crippen molar-refractivity contribution in [2.75, 3.05) is 6.54 Å². The average molecular weight is 203 g/mol. The summed E-state index contributed by atoms with van der Waals surface area (Å²) in [4.78, 5) is 4.19. The summed E-state index contributed by atoms with van der Waals surface area (Å²) in [5.74, 6) is 0.0743. The summed E-state index contributed by atoms with van der Waals surface area (Å²) in [6, 6.07) is 2.89. The number of aromatic nitrogens is 2. The zero-order valence-corrected chi connectivity index (χ0v) is 8.02. The van der Waals surface area contributed by atoms with Crippen molar-refractivity contribution >= 4 is 5.65 Å². The average Bonchev–Trinajstić information content (AvgIpc) is 2.82. The molecule has 0 saturated carbocycles. The Hall–Kier alpha value is -1.84. The van der Waals surface area contributed by atoms with Crippen molar-refractivity contribution in [2.45, 2.75) is 5.92 Å². The van der Waals surface area contributed by atoms with Gasteiger partial charge < -0.3 is 9.72 Å². The Balaban J connectivity index is 2.15. The lowest BCUT2D eigenvalue weighted by molar-refractivity contribution is 0.625. The molecule has 0 spiro atoms. The maximum Gasteiger partial charge on any atom is 0.139 e. The second-order valence-corrected chi connectivity index (χ2v) is 3.63. The molecule has 0 fully saturated rings. The molecule has 1 aliphatic rings. The third-order valence-corrected chi connectivity index (χ3v) is 2.67. The van der Waals surface area contributed by atoms with E-state index in [0.717, 1.165) is 12.2 Å². The van der Waals surface area contributed by atoms with Crippen LogP contribution in [0.1, 0.15) is 11.6 Å². The molecule has 0 aromatic carbocycles. The fourth-order valence-corrected chi connectivity index (χ4v) is 1.90. The minimum atomic E-state index is -0.250. The highest BCUT2D eigenvalue weighted by Crippen LogP contribution is 2.20. The first-order chi connectivity index (χ1) is 7.34. The fraction of sp³-hybridized carbons (Fsp3) is 0.182. The van der Waals surface area contributed by atoms with E-state index in [-0.39, 0.29) is 5.82 Å². The Labute approximate surface area is 86.2 Å². The number of imidazole rings is 1. The first-order valence-corrected chi connectivity index (χ1v) is 4.87. The van der Waals surface area contributed by atoms with Crippen LogP contribution in [0, 0.1) is 5.82 Å². The summed E-state index contributed by atoms with van der Waals surface area (Å²) < 4.78 is 14.9. The van der Waals surface area contributed by atoms with E-state index < -0.39 is 0 Å². The number of nitrogens with one attached hydrogen (secondary N) is 1. The molecule has 3 nitrogen and oxygen atoms in total. The molecule has 1 N–H and O–H groups in total. The minimum absolute atomic E-state index is 0.250. The van der Waals surface area contributed by atoms with Gasteiger partial charge in [-0.1, -0.05) is 6.08 Å². The number of halogens is 1. The molecule has 76 valence electrons. The van der Waals surface area contributed by atoms with Gasteiger partial charge >= 0.3 is 0 Å². The van der Waals surface area contributed by atoms with Crippen molar-refractivity contribution < 1.29 is 4.39 Å². The molecule has 15 heavy (non-hydrogen) atoms. The van der Waals surface area contributed by atoms with Gasteiger partial charge in [0.1, 0.15) is 11.5 Å². The molecule has 3 rings (SSSR count). The van der Waals surface area contributed by atoms with E-state index in [2.05, 4.69) is 16.4 Å². The molecule has 0 saturated heterocycles. The number of hydrogen-bond donors (Lipinski definition) is 1. The summed E-state index contributed by atoms with van der Waals surface area (Å²) in [6.07, 6.45) is 7.55. The van der Waals surface area contributed by atoms with E-state index in [9.17, 15) is 4.39 Å². The van der Waals surface area contributed by atoms with E-state index in [0.29, 0.717) is 11.6 Å². The van der Waals surface area contributed by atoms with Crippen LogP contribution in [0.5, 0.6) is 0 Å². The first kappa shape index (κ1) is 8.47. The maximum atomic E-state index is 12.9. The third kappa shape index (κ3) is 1.29. The van der Waals surface area contributed by atoms with Crippen molar-refractivity contribution in [3.8, 4) is 0 Å². The standard InChI is InChI=1S/C11H10FN3/c12-9-2-4-15-10(7-14-11(15)5-9)8-1-3-13-6-8/h1-5,7-8,13H,6H2. The predicted molar refractivity (Wildman–Crippen MR) is 55.0 cm³/mol. The van der Waals surface area contributed by atoms with Crippen LogP contribution in [0.3, 0.4) is 0 Å². The number of nitrogens with zero attached hydrogens (tertiary/aromatic N) is 2. The Morgan fingerprint density at radius 1 is 1.53 bits per heavy atom. The largest absolute Gasteiger partial charge is 0.390 e. The molecular weight excluding hydrogens is 193 g/mol. The van der Waals surface area contributed by atoms with Gasteiger partial charge in [0.2, 0.25) is 0 Å². The predicted octanol–water partition coefficient (Wildman–Crippen LogP) is 1.67. The van der Waals surface area contributed by atoms with Crippen LogP contribution in [-0.2, 0) is 0 Å². The lowest BCUT2D eigenvalue weighted by Crippen LogP contribution is -2.09. The second kappa shape index (κ2) is 3.08. The van der Waals surface area contributed by atoms with Gasteiger partial charge in [-0.05, 0) is 12.3 Å². The summed E-state index contributed by atoms with van der Waals surface area (Å²) in [5.41, 5.74) is 1.75. The van der Waals surface area contributed by atoms with Gasteiger partial charge in [-0.15, -0.1) is 0 Å². The second-order valence-electron chi connectivity index (χ2n) is 3.63. The van der Waals surface area contributed by atoms with Gasteiger partial charge in [-0.2, -0.15) is 0 Å². The zero-order chi connectivity index (χ0) is 10.3. The first-order valence-electron chi connectivity index (χ1n) is 4.87. The molecule has 1 aliphatic heterocycles. The van der Waals surface area contributed by atoms with E-state index in [1.165, 1.54) is 12.1 Å². The molecule has 2 aromatic rings. The smallest absolute Gasteiger partial charge is 0.139 e. The summed E-state index contributed by atoms with van der Waals surface area (Å²) >= 11 is 0. The van der Waals surface area contributed by atoms with Crippen LogP contribution in [0.25, 0.3) is 5.65 Å². The van der Waals surface area contributed by atoms with Crippen LogP contribution in [0.15, 0.2) is 36.8 Å². The molecule has 0 bridgehead atoms. The van der Waals surface area contributed by atoms with E-state index in [4.69, 9.17) is 0 Å². The van der Waals surface area contributed by atoms with E-state index in [1.807, 2.05) is 10.6 Å². The van der Waals surface area contributed by atoms with Crippen LogP contribution in [-0.4, -0.2) is 15.9 Å². The van der Waals surface area contributed by atoms with Crippen molar-refractivity contribution in [1.82, 2.24) is 14.7 Å². The summed E-state index contributed by atoms with van der Waals surface area (Å²) in [5, 5.41) is 3.14. The lowest BCUT2D eigenvalue weighted by atomic mass is 10.1. The normalized spacial score (nSPS) is 19.7. The van der Waals surface area contributed by atoms with Gasteiger partial charge in [0, 0.05) is 30.9 Å². The lowest BCUT2D eigenvalue weighted by Gasteiger charge is -2.06. The summed E-state index contributed by atoms with van der Waals surface area (Å²) in [6.45, 7) is 0.880. The molecule has 0 aliphatic carbocycles. The SMILES string of the molecule is Fc1ccn2c(C3C=CNC3)cnc2c1. The van der Waals surface area contributed by atoms with Crippen LogP contribution in [0.2, 0.25) is 0 Å². The van der Waals surface area contributed by atoms with Gasteiger partial charge in [0.05, 0.1) is 5.69 Å². The molecule has 2 aromatic heterocycles. The van der Waals surface area contributed by atoms with Crippen molar-refractivity contribution in [2.24, 2.45) is 0 Å². The van der Waals surface area contributed by atoms with Gasteiger partial charge in [-0.3, -0.25) is 0 Å². The quantitative estimate of drug-likeness (QED) is 0.764. The highest BCUT2D eigenvalue weighted by Gasteiger charge is 2.15. The van der Waals surface area contributed by atoms with Crippen LogP contribution >= 0.6 is 0 Å². The number of hydrogen-bond acceptors (Lipinski definition) is 2. The monoisotopic (exact) mass is 203 g/mol. The van der Waals surface area contributed by atoms with Gasteiger partial charge in [0.15, 0.2) is 0 Å². The number of pyridine rings is 1. The molecule has 0 amide bonds. The Morgan fingerprint density at radius 3 is 3.27 bits per heavy atom. The van der Waals surface area contributed by atoms with Crippen molar-refractivity contribution in [3.63, 3.8) is 0 Å². The fourth-order valence-electron chi connectivity index (χ4n) is 1.90.